The van der Waals surface area contributed by atoms with Crippen LogP contribution in [-0.4, -0.2) is 16.9 Å². The molecule has 0 aliphatic heterocycles. The van der Waals surface area contributed by atoms with E-state index in [1.807, 2.05) is 24.3 Å². The van der Waals surface area contributed by atoms with Crippen LogP contribution in [0.25, 0.3) is 0 Å². The summed E-state index contributed by atoms with van der Waals surface area (Å²) >= 11 is 0. The van der Waals surface area contributed by atoms with E-state index >= 15 is 0 Å². The van der Waals surface area contributed by atoms with Crippen LogP contribution in [0.5, 0.6) is 0 Å². The molecule has 0 radical (unpaired) electrons. The summed E-state index contributed by atoms with van der Waals surface area (Å²) in [5.74, 6) is -0.195. The maximum absolute atomic E-state index is 12.2. The highest BCUT2D eigenvalue weighted by Crippen LogP contribution is 2.12. The fourth-order valence-corrected chi connectivity index (χ4v) is 2.65. The molecule has 0 fully saturated rings. The third-order valence-electron chi connectivity index (χ3n) is 4.19. The van der Waals surface area contributed by atoms with Crippen LogP contribution in [0.15, 0.2) is 59.1 Å². The highest BCUT2D eigenvalue weighted by Gasteiger charge is 2.13. The number of amidine groups is 1. The van der Waals surface area contributed by atoms with Crippen LogP contribution in [0, 0.1) is 16.7 Å². The third kappa shape index (κ3) is 4.83. The van der Waals surface area contributed by atoms with Crippen molar-refractivity contribution >= 4 is 11.7 Å². The summed E-state index contributed by atoms with van der Waals surface area (Å²) in [4.78, 5) is 12.2. The number of carbonyl (C=O) groups is 1. The van der Waals surface area contributed by atoms with E-state index in [4.69, 9.17) is 20.9 Å². The molecule has 0 unspecified atom stereocenters. The Morgan fingerprint density at radius 2 is 1.75 bits per heavy atom. The maximum atomic E-state index is 12.2. The zero-order chi connectivity index (χ0) is 19.9. The fourth-order valence-electron chi connectivity index (χ4n) is 2.65. The van der Waals surface area contributed by atoms with Crippen LogP contribution in [0.4, 0.5) is 0 Å². The molecule has 0 saturated carbocycles. The summed E-state index contributed by atoms with van der Waals surface area (Å²) in [5.41, 5.74) is 9.58. The van der Waals surface area contributed by atoms with Gasteiger partial charge < -0.3 is 15.6 Å². The predicted octanol–water partition coefficient (Wildman–Crippen LogP) is 2.55. The number of nitrogens with one attached hydrogen (secondary N) is 2. The van der Waals surface area contributed by atoms with Gasteiger partial charge in [-0.15, -0.1) is 0 Å². The Bertz CT molecular complexity index is 1010. The Kier molecular flexibility index (Phi) is 5.82. The second-order valence-electron chi connectivity index (χ2n) is 6.30. The van der Waals surface area contributed by atoms with Gasteiger partial charge in [0.15, 0.2) is 0 Å². The molecular formula is C21H19N5O2. The second-order valence-corrected chi connectivity index (χ2v) is 6.30. The molecule has 0 spiro atoms. The van der Waals surface area contributed by atoms with Crippen molar-refractivity contribution in [3.63, 3.8) is 0 Å². The highest BCUT2D eigenvalue weighted by atomic mass is 16.5. The van der Waals surface area contributed by atoms with Crippen LogP contribution in [0.3, 0.4) is 0 Å². The quantitative estimate of drug-likeness (QED) is 0.433. The van der Waals surface area contributed by atoms with Crippen molar-refractivity contribution in [3.8, 4) is 6.07 Å². The Labute approximate surface area is 162 Å². The number of benzene rings is 2. The molecule has 7 nitrogen and oxygen atoms in total. The van der Waals surface area contributed by atoms with Crippen molar-refractivity contribution in [1.29, 1.82) is 10.7 Å². The highest BCUT2D eigenvalue weighted by molar-refractivity contribution is 5.95. The summed E-state index contributed by atoms with van der Waals surface area (Å²) in [7, 11) is 0. The minimum atomic E-state index is -0.348. The average Bonchev–Trinajstić information content (AvgIpc) is 3.17. The number of hydrogen-bond acceptors (Lipinski definition) is 5. The molecule has 3 rings (SSSR count). The lowest BCUT2D eigenvalue weighted by Crippen LogP contribution is -2.22. The Morgan fingerprint density at radius 1 is 1.11 bits per heavy atom. The summed E-state index contributed by atoms with van der Waals surface area (Å²) < 4.78 is 5.15. The van der Waals surface area contributed by atoms with Gasteiger partial charge in [-0.25, -0.2) is 0 Å². The number of carbonyl (C=O) groups excluding carboxylic acids is 1. The van der Waals surface area contributed by atoms with E-state index in [0.717, 1.165) is 16.7 Å². The number of aromatic nitrogens is 1. The molecular weight excluding hydrogens is 354 g/mol. The molecule has 0 saturated heterocycles. The molecule has 3 aromatic rings. The van der Waals surface area contributed by atoms with Crippen LogP contribution >= 0.6 is 0 Å². The van der Waals surface area contributed by atoms with Crippen LogP contribution < -0.4 is 11.1 Å². The van der Waals surface area contributed by atoms with E-state index in [1.165, 1.54) is 0 Å². The average molecular weight is 373 g/mol. The van der Waals surface area contributed by atoms with E-state index in [9.17, 15) is 4.79 Å². The van der Waals surface area contributed by atoms with Gasteiger partial charge in [-0.05, 0) is 16.7 Å². The number of nitriles is 1. The normalized spacial score (nSPS) is 10.2. The molecule has 4 N–H and O–H groups in total. The number of nitrogens with two attached hydrogens (primary N) is 1. The smallest absolute Gasteiger partial charge is 0.290 e. The number of rotatable bonds is 7. The summed E-state index contributed by atoms with van der Waals surface area (Å²) in [6.07, 6.45) is 0.919. The summed E-state index contributed by atoms with van der Waals surface area (Å²) in [6.45, 7) is 0.327. The van der Waals surface area contributed by atoms with E-state index in [1.54, 1.807) is 30.3 Å². The molecule has 1 amide bonds. The molecule has 0 aliphatic carbocycles. The van der Waals surface area contributed by atoms with E-state index in [2.05, 4.69) is 16.5 Å². The van der Waals surface area contributed by atoms with Gasteiger partial charge in [0, 0.05) is 24.6 Å². The lowest BCUT2D eigenvalue weighted by atomic mass is 10.1. The number of nitrogen functional groups attached to an aromatic ring is 1. The number of amides is 1. The Morgan fingerprint density at radius 3 is 2.39 bits per heavy atom. The number of hydrogen-bond donors (Lipinski definition) is 3. The van der Waals surface area contributed by atoms with Crippen molar-refractivity contribution in [2.45, 2.75) is 19.4 Å². The van der Waals surface area contributed by atoms with Gasteiger partial charge in [0.2, 0.25) is 5.76 Å². The predicted molar refractivity (Wildman–Crippen MR) is 104 cm³/mol. The standard InChI is InChI=1S/C21H19N5O2/c22-10-9-14-1-3-15(4-2-14)11-18-12-19(28-26-18)21(27)25-13-16-5-7-17(8-6-16)20(23)24/h1-8,12H,9,11,13H2,(H3,23,24)(H,25,27). The van der Waals surface area contributed by atoms with E-state index < -0.39 is 0 Å². The lowest BCUT2D eigenvalue weighted by molar-refractivity contribution is 0.0914. The zero-order valence-corrected chi connectivity index (χ0v) is 15.1. The summed E-state index contributed by atoms with van der Waals surface area (Å²) in [5, 5.41) is 22.8. The first-order chi connectivity index (χ1) is 13.5. The van der Waals surface area contributed by atoms with Crippen molar-refractivity contribution in [1.82, 2.24) is 10.5 Å². The molecule has 28 heavy (non-hydrogen) atoms. The minimum Gasteiger partial charge on any atom is -0.384 e. The van der Waals surface area contributed by atoms with Crippen molar-refractivity contribution < 1.29 is 9.32 Å². The molecule has 2 aromatic carbocycles. The fraction of sp³-hybridized carbons (Fsp3) is 0.143. The Hall–Kier alpha value is -3.92. The third-order valence-corrected chi connectivity index (χ3v) is 4.19. The van der Waals surface area contributed by atoms with Gasteiger partial charge in [0.05, 0.1) is 18.2 Å². The molecule has 7 heteroatoms. The molecule has 0 atom stereocenters. The van der Waals surface area contributed by atoms with Gasteiger partial charge in [-0.1, -0.05) is 53.7 Å². The van der Waals surface area contributed by atoms with Crippen LogP contribution in [0.1, 0.15) is 38.5 Å². The SMILES string of the molecule is N#CCc1ccc(Cc2cc(C(=O)NCc3ccc(C(=N)N)cc3)on2)cc1. The second kappa shape index (κ2) is 8.64. The van der Waals surface area contributed by atoms with Crippen LogP contribution in [0.2, 0.25) is 0 Å². The maximum Gasteiger partial charge on any atom is 0.290 e. The van der Waals surface area contributed by atoms with Gasteiger partial charge in [0.25, 0.3) is 5.91 Å². The zero-order valence-electron chi connectivity index (χ0n) is 15.1. The lowest BCUT2D eigenvalue weighted by Gasteiger charge is -2.04. The first kappa shape index (κ1) is 18.9. The van der Waals surface area contributed by atoms with E-state index in [-0.39, 0.29) is 17.5 Å². The van der Waals surface area contributed by atoms with Crippen molar-refractivity contribution in [2.24, 2.45) is 5.73 Å². The number of nitrogens with zero attached hydrogens (tertiary/aromatic N) is 2. The molecule has 140 valence electrons. The van der Waals surface area contributed by atoms with Crippen molar-refractivity contribution in [2.75, 3.05) is 0 Å². The van der Waals surface area contributed by atoms with Gasteiger partial charge in [-0.2, -0.15) is 5.26 Å². The molecule has 1 heterocycles. The Balaban J connectivity index is 1.56. The van der Waals surface area contributed by atoms with Gasteiger partial charge in [0.1, 0.15) is 5.84 Å². The molecule has 0 bridgehead atoms. The van der Waals surface area contributed by atoms with Crippen molar-refractivity contribution in [3.05, 3.63) is 88.3 Å². The summed E-state index contributed by atoms with van der Waals surface area (Å²) in [6, 6.07) is 18.5. The minimum absolute atomic E-state index is 0.00415. The van der Waals surface area contributed by atoms with Gasteiger partial charge >= 0.3 is 0 Å². The first-order valence-corrected chi connectivity index (χ1v) is 8.67. The monoisotopic (exact) mass is 373 g/mol. The first-order valence-electron chi connectivity index (χ1n) is 8.67. The van der Waals surface area contributed by atoms with Gasteiger partial charge in [-0.3, -0.25) is 10.2 Å². The molecule has 1 aromatic heterocycles. The molecule has 0 aliphatic rings. The van der Waals surface area contributed by atoms with E-state index in [0.29, 0.717) is 30.6 Å². The largest absolute Gasteiger partial charge is 0.384 e. The van der Waals surface area contributed by atoms with Crippen LogP contribution in [-0.2, 0) is 19.4 Å². The topological polar surface area (TPSA) is 129 Å².